The van der Waals surface area contributed by atoms with Gasteiger partial charge in [0.15, 0.2) is 5.13 Å². The standard InChI is InChI=1S/C22H23ClN2O2S2/c1-27-21(26)12-16-3-2-4-18(11-16)28-14-15-7-9-25(10-8-15)22-24-19-6-5-17(23)13-20(19)29-22/h2-6,11,13,15H,7-10,12,14H2,1H3. The maximum atomic E-state index is 11.5. The molecule has 0 radical (unpaired) electrons. The second-order valence-electron chi connectivity index (χ2n) is 7.25. The van der Waals surface area contributed by atoms with Crippen LogP contribution in [0.5, 0.6) is 0 Å². The minimum atomic E-state index is -0.198. The second kappa shape index (κ2) is 9.37. The third kappa shape index (κ3) is 5.24. The van der Waals surface area contributed by atoms with Crippen molar-refractivity contribution in [2.24, 2.45) is 5.92 Å². The molecule has 7 heteroatoms. The molecule has 4 rings (SSSR count). The van der Waals surface area contributed by atoms with E-state index in [0.717, 1.165) is 44.8 Å². The zero-order valence-electron chi connectivity index (χ0n) is 16.3. The Balaban J connectivity index is 1.30. The summed E-state index contributed by atoms with van der Waals surface area (Å²) in [7, 11) is 1.43. The van der Waals surface area contributed by atoms with Crippen molar-refractivity contribution in [1.29, 1.82) is 0 Å². The van der Waals surface area contributed by atoms with Crippen molar-refractivity contribution in [2.75, 3.05) is 30.9 Å². The largest absolute Gasteiger partial charge is 0.469 e. The van der Waals surface area contributed by atoms with Crippen LogP contribution in [0.15, 0.2) is 47.4 Å². The van der Waals surface area contributed by atoms with Crippen LogP contribution in [0, 0.1) is 5.92 Å². The summed E-state index contributed by atoms with van der Waals surface area (Å²) in [4.78, 5) is 19.9. The van der Waals surface area contributed by atoms with Crippen molar-refractivity contribution in [2.45, 2.75) is 24.2 Å². The van der Waals surface area contributed by atoms with Crippen LogP contribution < -0.4 is 4.90 Å². The smallest absolute Gasteiger partial charge is 0.309 e. The van der Waals surface area contributed by atoms with Crippen LogP contribution in [-0.4, -0.2) is 36.9 Å². The Bertz CT molecular complexity index is 999. The van der Waals surface area contributed by atoms with Crippen molar-refractivity contribution in [3.8, 4) is 0 Å². The first-order chi connectivity index (χ1) is 14.1. The van der Waals surface area contributed by atoms with Crippen molar-refractivity contribution >= 4 is 56.0 Å². The summed E-state index contributed by atoms with van der Waals surface area (Å²) >= 11 is 9.70. The fraction of sp³-hybridized carbons (Fsp3) is 0.364. The molecular formula is C22H23ClN2O2S2. The van der Waals surface area contributed by atoms with E-state index < -0.39 is 0 Å². The van der Waals surface area contributed by atoms with E-state index in [9.17, 15) is 4.79 Å². The number of piperidine rings is 1. The number of hydrogen-bond donors (Lipinski definition) is 0. The van der Waals surface area contributed by atoms with Crippen molar-refractivity contribution in [3.63, 3.8) is 0 Å². The normalized spacial score (nSPS) is 15.0. The van der Waals surface area contributed by atoms with Crippen LogP contribution >= 0.6 is 34.7 Å². The van der Waals surface area contributed by atoms with Gasteiger partial charge in [0.2, 0.25) is 0 Å². The van der Waals surface area contributed by atoms with Crippen LogP contribution in [0.1, 0.15) is 18.4 Å². The Kier molecular flexibility index (Phi) is 6.63. The first-order valence-corrected chi connectivity index (χ1v) is 11.9. The van der Waals surface area contributed by atoms with Gasteiger partial charge in [0.1, 0.15) is 0 Å². The van der Waals surface area contributed by atoms with Crippen molar-refractivity contribution in [1.82, 2.24) is 4.98 Å². The first kappa shape index (κ1) is 20.5. The van der Waals surface area contributed by atoms with Gasteiger partial charge in [-0.3, -0.25) is 4.79 Å². The molecule has 1 aliphatic rings. The van der Waals surface area contributed by atoms with Crippen LogP contribution in [0.4, 0.5) is 5.13 Å². The highest BCUT2D eigenvalue weighted by molar-refractivity contribution is 7.99. The van der Waals surface area contributed by atoms with Gasteiger partial charge in [0.25, 0.3) is 0 Å². The van der Waals surface area contributed by atoms with Gasteiger partial charge in [-0.25, -0.2) is 4.98 Å². The lowest BCUT2D eigenvalue weighted by atomic mass is 9.99. The van der Waals surface area contributed by atoms with E-state index in [0.29, 0.717) is 12.3 Å². The maximum Gasteiger partial charge on any atom is 0.309 e. The zero-order valence-corrected chi connectivity index (χ0v) is 18.7. The predicted octanol–water partition coefficient (Wildman–Crippen LogP) is 5.67. The number of rotatable bonds is 6. The highest BCUT2D eigenvalue weighted by Gasteiger charge is 2.22. The number of hydrogen-bond acceptors (Lipinski definition) is 6. The molecule has 1 aromatic heterocycles. The summed E-state index contributed by atoms with van der Waals surface area (Å²) in [6.45, 7) is 2.09. The number of ether oxygens (including phenoxy) is 1. The molecule has 0 saturated carbocycles. The number of aromatic nitrogens is 1. The van der Waals surface area contributed by atoms with Gasteiger partial charge in [0.05, 0.1) is 23.7 Å². The summed E-state index contributed by atoms with van der Waals surface area (Å²) in [5.41, 5.74) is 2.03. The molecule has 0 spiro atoms. The number of benzene rings is 2. The van der Waals surface area contributed by atoms with E-state index in [1.54, 1.807) is 11.3 Å². The van der Waals surface area contributed by atoms with Crippen LogP contribution in [0.3, 0.4) is 0 Å². The number of methoxy groups -OCH3 is 1. The van der Waals surface area contributed by atoms with E-state index in [2.05, 4.69) is 17.0 Å². The predicted molar refractivity (Wildman–Crippen MR) is 122 cm³/mol. The average Bonchev–Trinajstić information content (AvgIpc) is 3.16. The number of thiazole rings is 1. The zero-order chi connectivity index (χ0) is 20.2. The second-order valence-corrected chi connectivity index (χ2v) is 9.79. The monoisotopic (exact) mass is 446 g/mol. The third-order valence-electron chi connectivity index (χ3n) is 5.18. The summed E-state index contributed by atoms with van der Waals surface area (Å²) in [6, 6.07) is 14.1. The van der Waals surface area contributed by atoms with Gasteiger partial charge in [-0.1, -0.05) is 35.1 Å². The van der Waals surface area contributed by atoms with Gasteiger partial charge in [-0.05, 0) is 54.7 Å². The molecule has 1 fully saturated rings. The molecule has 1 saturated heterocycles. The Labute approximate surface area is 184 Å². The number of esters is 1. The molecule has 0 atom stereocenters. The molecule has 152 valence electrons. The number of carbonyl (C=O) groups excluding carboxylic acids is 1. The van der Waals surface area contributed by atoms with Gasteiger partial charge in [-0.15, -0.1) is 11.8 Å². The molecule has 0 amide bonds. The number of nitrogens with zero attached hydrogens (tertiary/aromatic N) is 2. The fourth-order valence-corrected chi connectivity index (χ4v) is 5.97. The molecule has 0 aliphatic carbocycles. The van der Waals surface area contributed by atoms with Crippen molar-refractivity contribution < 1.29 is 9.53 Å². The summed E-state index contributed by atoms with van der Waals surface area (Å²) < 4.78 is 5.91. The summed E-state index contributed by atoms with van der Waals surface area (Å²) in [5.74, 6) is 1.60. The third-order valence-corrected chi connectivity index (χ3v) is 7.72. The van der Waals surface area contributed by atoms with Gasteiger partial charge in [0, 0.05) is 28.8 Å². The Hall–Kier alpha value is -1.76. The molecule has 29 heavy (non-hydrogen) atoms. The lowest BCUT2D eigenvalue weighted by Crippen LogP contribution is -2.34. The maximum absolute atomic E-state index is 11.5. The first-order valence-electron chi connectivity index (χ1n) is 9.70. The molecule has 4 nitrogen and oxygen atoms in total. The Morgan fingerprint density at radius 3 is 2.90 bits per heavy atom. The number of thioether (sulfide) groups is 1. The molecule has 0 unspecified atom stereocenters. The Morgan fingerprint density at radius 2 is 2.10 bits per heavy atom. The summed E-state index contributed by atoms with van der Waals surface area (Å²) in [5, 5.41) is 1.86. The number of anilines is 1. The lowest BCUT2D eigenvalue weighted by molar-refractivity contribution is -0.139. The van der Waals surface area contributed by atoms with E-state index in [-0.39, 0.29) is 5.97 Å². The minimum absolute atomic E-state index is 0.198. The van der Waals surface area contributed by atoms with Gasteiger partial charge < -0.3 is 9.64 Å². The number of fused-ring (bicyclic) bond motifs is 1. The van der Waals surface area contributed by atoms with E-state index >= 15 is 0 Å². The van der Waals surface area contributed by atoms with Crippen LogP contribution in [-0.2, 0) is 16.0 Å². The van der Waals surface area contributed by atoms with Crippen molar-refractivity contribution in [3.05, 3.63) is 53.1 Å². The highest BCUT2D eigenvalue weighted by Crippen LogP contribution is 2.34. The molecule has 2 heterocycles. The van der Waals surface area contributed by atoms with Crippen LogP contribution in [0.2, 0.25) is 5.02 Å². The number of carbonyl (C=O) groups is 1. The quantitative estimate of drug-likeness (QED) is 0.360. The lowest BCUT2D eigenvalue weighted by Gasteiger charge is -2.31. The molecule has 1 aliphatic heterocycles. The van der Waals surface area contributed by atoms with Crippen LogP contribution in [0.25, 0.3) is 10.2 Å². The molecule has 2 aromatic carbocycles. The molecule has 3 aromatic rings. The molecule has 0 bridgehead atoms. The van der Waals surface area contributed by atoms with Gasteiger partial charge >= 0.3 is 5.97 Å². The average molecular weight is 447 g/mol. The SMILES string of the molecule is COC(=O)Cc1cccc(SCC2CCN(c3nc4ccc(Cl)cc4s3)CC2)c1. The van der Waals surface area contributed by atoms with E-state index in [4.69, 9.17) is 21.3 Å². The molecule has 0 N–H and O–H groups in total. The summed E-state index contributed by atoms with van der Waals surface area (Å²) in [6.07, 6.45) is 2.67. The molecular weight excluding hydrogens is 424 g/mol. The van der Waals surface area contributed by atoms with E-state index in [1.165, 1.54) is 24.8 Å². The highest BCUT2D eigenvalue weighted by atomic mass is 35.5. The Morgan fingerprint density at radius 1 is 1.28 bits per heavy atom. The number of halogens is 1. The minimum Gasteiger partial charge on any atom is -0.469 e. The topological polar surface area (TPSA) is 42.4 Å². The van der Waals surface area contributed by atoms with Gasteiger partial charge in [-0.2, -0.15) is 0 Å². The van der Waals surface area contributed by atoms with E-state index in [1.807, 2.05) is 42.1 Å². The fourth-order valence-electron chi connectivity index (χ4n) is 3.51.